The quantitative estimate of drug-likeness (QED) is 0.604. The van der Waals surface area contributed by atoms with E-state index < -0.39 is 5.97 Å². The fraction of sp³-hybridized carbons (Fsp3) is 0.364. The number of hydrogen-bond acceptors (Lipinski definition) is 4. The second-order valence-electron chi connectivity index (χ2n) is 3.05. The highest BCUT2D eigenvalue weighted by molar-refractivity contribution is 5.95. The minimum Gasteiger partial charge on any atom is -0.465 e. The number of anilines is 1. The van der Waals surface area contributed by atoms with Gasteiger partial charge in [0.05, 0.1) is 19.3 Å². The van der Waals surface area contributed by atoms with E-state index >= 15 is 0 Å². The number of methoxy groups -OCH3 is 1. The van der Waals surface area contributed by atoms with Gasteiger partial charge in [0.15, 0.2) is 0 Å². The van der Waals surface area contributed by atoms with Crippen molar-refractivity contribution in [2.24, 2.45) is 0 Å². The third-order valence-corrected chi connectivity index (χ3v) is 2.00. The summed E-state index contributed by atoms with van der Waals surface area (Å²) in [6, 6.07) is 5.20. The van der Waals surface area contributed by atoms with Crippen molar-refractivity contribution < 1.29 is 14.3 Å². The van der Waals surface area contributed by atoms with Crippen LogP contribution in [0.1, 0.15) is 22.8 Å². The summed E-state index contributed by atoms with van der Waals surface area (Å²) in [4.78, 5) is 11.3. The topological polar surface area (TPSA) is 61.5 Å². The van der Waals surface area contributed by atoms with Gasteiger partial charge in [0.1, 0.15) is 0 Å². The minimum absolute atomic E-state index is 0.384. The average molecular weight is 209 g/mol. The molecule has 0 saturated heterocycles. The molecule has 0 fully saturated rings. The number of hydrogen-bond donors (Lipinski definition) is 1. The number of carbonyl (C=O) groups excluding carboxylic acids is 1. The molecule has 82 valence electrons. The molecule has 4 heteroatoms. The third-order valence-electron chi connectivity index (χ3n) is 2.00. The van der Waals surface area contributed by atoms with E-state index in [0.29, 0.717) is 24.5 Å². The smallest absolute Gasteiger partial charge is 0.339 e. The summed E-state index contributed by atoms with van der Waals surface area (Å²) in [7, 11) is 1.33. The summed E-state index contributed by atoms with van der Waals surface area (Å²) in [5.74, 6) is -0.425. The Kier molecular flexibility index (Phi) is 4.12. The van der Waals surface area contributed by atoms with Crippen molar-refractivity contribution in [3.8, 4) is 0 Å². The summed E-state index contributed by atoms with van der Waals surface area (Å²) < 4.78 is 9.85. The Hall–Kier alpha value is -1.55. The molecule has 0 amide bonds. The van der Waals surface area contributed by atoms with Gasteiger partial charge in [0, 0.05) is 12.3 Å². The van der Waals surface area contributed by atoms with Gasteiger partial charge in [0.2, 0.25) is 0 Å². The maximum atomic E-state index is 11.3. The van der Waals surface area contributed by atoms with Gasteiger partial charge in [-0.3, -0.25) is 0 Å². The molecule has 0 radical (unpaired) electrons. The summed E-state index contributed by atoms with van der Waals surface area (Å²) in [5, 5.41) is 0. The lowest BCUT2D eigenvalue weighted by atomic mass is 10.1. The van der Waals surface area contributed by atoms with Crippen molar-refractivity contribution in [3.05, 3.63) is 29.3 Å². The molecule has 0 aromatic heterocycles. The number of carbonyl (C=O) groups is 1. The average Bonchev–Trinajstić information content (AvgIpc) is 2.27. The molecule has 1 rings (SSSR count). The van der Waals surface area contributed by atoms with Crippen LogP contribution in [0, 0.1) is 0 Å². The van der Waals surface area contributed by atoms with Crippen LogP contribution in [0.15, 0.2) is 18.2 Å². The van der Waals surface area contributed by atoms with E-state index in [0.717, 1.165) is 5.56 Å². The maximum Gasteiger partial charge on any atom is 0.339 e. The normalized spacial score (nSPS) is 10.0. The molecular weight excluding hydrogens is 194 g/mol. The molecule has 15 heavy (non-hydrogen) atoms. The van der Waals surface area contributed by atoms with Gasteiger partial charge in [-0.2, -0.15) is 0 Å². The number of rotatable bonds is 4. The van der Waals surface area contributed by atoms with E-state index in [9.17, 15) is 4.79 Å². The Balaban J connectivity index is 2.89. The van der Waals surface area contributed by atoms with Crippen molar-refractivity contribution in [1.29, 1.82) is 0 Å². The predicted octanol–water partition coefficient (Wildman–Crippen LogP) is 1.59. The maximum absolute atomic E-state index is 11.3. The van der Waals surface area contributed by atoms with Gasteiger partial charge >= 0.3 is 5.97 Å². The van der Waals surface area contributed by atoms with Gasteiger partial charge in [0.25, 0.3) is 0 Å². The molecule has 0 aliphatic heterocycles. The predicted molar refractivity (Wildman–Crippen MR) is 57.5 cm³/mol. The van der Waals surface area contributed by atoms with Gasteiger partial charge in [-0.05, 0) is 24.6 Å². The van der Waals surface area contributed by atoms with Crippen LogP contribution in [0.5, 0.6) is 0 Å². The van der Waals surface area contributed by atoms with Crippen LogP contribution in [-0.2, 0) is 16.1 Å². The zero-order valence-corrected chi connectivity index (χ0v) is 8.95. The first-order valence-electron chi connectivity index (χ1n) is 4.73. The molecule has 4 nitrogen and oxygen atoms in total. The minimum atomic E-state index is -0.425. The van der Waals surface area contributed by atoms with E-state index in [2.05, 4.69) is 4.74 Å². The first-order chi connectivity index (χ1) is 7.19. The Morgan fingerprint density at radius 2 is 2.20 bits per heavy atom. The SMILES string of the molecule is CCOCc1ccc(N)c(C(=O)OC)c1. The molecule has 0 aliphatic carbocycles. The number of nitrogens with two attached hydrogens (primary N) is 1. The van der Waals surface area contributed by atoms with Crippen LogP contribution < -0.4 is 5.73 Å². The highest BCUT2D eigenvalue weighted by Gasteiger charge is 2.10. The standard InChI is InChI=1S/C11H15NO3/c1-3-15-7-8-4-5-10(12)9(6-8)11(13)14-2/h4-6H,3,7,12H2,1-2H3. The molecule has 0 unspecified atom stereocenters. The van der Waals surface area contributed by atoms with Crippen molar-refractivity contribution in [1.82, 2.24) is 0 Å². The molecule has 0 aliphatic rings. The lowest BCUT2D eigenvalue weighted by molar-refractivity contribution is 0.0601. The highest BCUT2D eigenvalue weighted by Crippen LogP contribution is 2.15. The van der Waals surface area contributed by atoms with Crippen molar-refractivity contribution in [3.63, 3.8) is 0 Å². The number of ether oxygens (including phenoxy) is 2. The van der Waals surface area contributed by atoms with Crippen LogP contribution in [0.25, 0.3) is 0 Å². The largest absolute Gasteiger partial charge is 0.465 e. The molecule has 1 aromatic rings. The van der Waals surface area contributed by atoms with E-state index in [1.54, 1.807) is 12.1 Å². The van der Waals surface area contributed by atoms with Gasteiger partial charge in [-0.15, -0.1) is 0 Å². The second-order valence-corrected chi connectivity index (χ2v) is 3.05. The number of esters is 1. The molecular formula is C11H15NO3. The first-order valence-corrected chi connectivity index (χ1v) is 4.73. The van der Waals surface area contributed by atoms with Gasteiger partial charge in [-0.1, -0.05) is 6.07 Å². The van der Waals surface area contributed by atoms with Gasteiger partial charge < -0.3 is 15.2 Å². The van der Waals surface area contributed by atoms with Crippen molar-refractivity contribution in [2.75, 3.05) is 19.5 Å². The molecule has 0 heterocycles. The Labute approximate surface area is 89.0 Å². The van der Waals surface area contributed by atoms with E-state index in [4.69, 9.17) is 10.5 Å². The summed E-state index contributed by atoms with van der Waals surface area (Å²) in [6.45, 7) is 3.03. The summed E-state index contributed by atoms with van der Waals surface area (Å²) in [6.07, 6.45) is 0. The zero-order valence-electron chi connectivity index (χ0n) is 8.95. The van der Waals surface area contributed by atoms with Crippen molar-refractivity contribution >= 4 is 11.7 Å². The molecule has 0 spiro atoms. The number of nitrogen functional groups attached to an aromatic ring is 1. The lowest BCUT2D eigenvalue weighted by Crippen LogP contribution is -2.06. The Bertz CT molecular complexity index is 350. The second kappa shape index (κ2) is 5.36. The fourth-order valence-corrected chi connectivity index (χ4v) is 1.20. The lowest BCUT2D eigenvalue weighted by Gasteiger charge is -2.07. The first kappa shape index (κ1) is 11.5. The summed E-state index contributed by atoms with van der Waals surface area (Å²) in [5.41, 5.74) is 7.36. The highest BCUT2D eigenvalue weighted by atomic mass is 16.5. The zero-order chi connectivity index (χ0) is 11.3. The Morgan fingerprint density at radius 3 is 2.80 bits per heavy atom. The van der Waals surface area contributed by atoms with E-state index in [-0.39, 0.29) is 0 Å². The third kappa shape index (κ3) is 2.95. The fourth-order valence-electron chi connectivity index (χ4n) is 1.20. The van der Waals surface area contributed by atoms with Crippen LogP contribution in [-0.4, -0.2) is 19.7 Å². The van der Waals surface area contributed by atoms with E-state index in [1.165, 1.54) is 7.11 Å². The molecule has 1 aromatic carbocycles. The molecule has 2 N–H and O–H groups in total. The van der Waals surface area contributed by atoms with E-state index in [1.807, 2.05) is 13.0 Å². The van der Waals surface area contributed by atoms with Gasteiger partial charge in [-0.25, -0.2) is 4.79 Å². The monoisotopic (exact) mass is 209 g/mol. The molecule has 0 saturated carbocycles. The van der Waals surface area contributed by atoms with Crippen LogP contribution in [0.2, 0.25) is 0 Å². The molecule has 0 atom stereocenters. The summed E-state index contributed by atoms with van der Waals surface area (Å²) >= 11 is 0. The van der Waals surface area contributed by atoms with Crippen LogP contribution in [0.3, 0.4) is 0 Å². The van der Waals surface area contributed by atoms with Crippen LogP contribution >= 0.6 is 0 Å². The number of benzene rings is 1. The Morgan fingerprint density at radius 1 is 1.47 bits per heavy atom. The van der Waals surface area contributed by atoms with Crippen LogP contribution in [0.4, 0.5) is 5.69 Å². The van der Waals surface area contributed by atoms with Crippen molar-refractivity contribution in [2.45, 2.75) is 13.5 Å². The molecule has 0 bridgehead atoms.